The van der Waals surface area contributed by atoms with Crippen LogP contribution < -0.4 is 5.32 Å². The average Bonchev–Trinajstić information content (AvgIpc) is 2.52. The lowest BCUT2D eigenvalue weighted by atomic mass is 9.55. The molecule has 4 atom stereocenters. The van der Waals surface area contributed by atoms with E-state index in [4.69, 9.17) is 4.74 Å². The molecular formula is C19H29NO. The molecule has 4 unspecified atom stereocenters. The van der Waals surface area contributed by atoms with Crippen molar-refractivity contribution in [2.75, 3.05) is 6.61 Å². The summed E-state index contributed by atoms with van der Waals surface area (Å²) in [5.41, 5.74) is 1.68. The van der Waals surface area contributed by atoms with Crippen molar-refractivity contribution in [3.05, 3.63) is 35.9 Å². The van der Waals surface area contributed by atoms with E-state index < -0.39 is 0 Å². The highest BCUT2D eigenvalue weighted by atomic mass is 16.5. The van der Waals surface area contributed by atoms with Crippen molar-refractivity contribution in [1.82, 2.24) is 5.32 Å². The molecule has 2 heteroatoms. The van der Waals surface area contributed by atoms with Crippen LogP contribution in [0.3, 0.4) is 0 Å². The maximum Gasteiger partial charge on any atom is 0.0684 e. The van der Waals surface area contributed by atoms with Gasteiger partial charge in [0.15, 0.2) is 0 Å². The molecule has 0 radical (unpaired) electrons. The van der Waals surface area contributed by atoms with Gasteiger partial charge in [-0.2, -0.15) is 0 Å². The molecule has 1 N–H and O–H groups in total. The van der Waals surface area contributed by atoms with Crippen molar-refractivity contribution >= 4 is 0 Å². The molecule has 1 saturated heterocycles. The van der Waals surface area contributed by atoms with E-state index in [1.54, 1.807) is 0 Å². The van der Waals surface area contributed by atoms with E-state index in [1.807, 2.05) is 0 Å². The smallest absolute Gasteiger partial charge is 0.0684 e. The summed E-state index contributed by atoms with van der Waals surface area (Å²) in [6.45, 7) is 7.96. The molecule has 1 heterocycles. The molecule has 0 bridgehead atoms. The molecule has 2 nitrogen and oxygen atoms in total. The van der Waals surface area contributed by atoms with Gasteiger partial charge in [0.1, 0.15) is 0 Å². The van der Waals surface area contributed by atoms with Crippen molar-refractivity contribution in [1.29, 1.82) is 0 Å². The van der Waals surface area contributed by atoms with Crippen LogP contribution in [0, 0.1) is 11.3 Å². The van der Waals surface area contributed by atoms with Gasteiger partial charge in [-0.1, -0.05) is 57.5 Å². The molecule has 1 aliphatic carbocycles. The topological polar surface area (TPSA) is 21.3 Å². The van der Waals surface area contributed by atoms with Crippen LogP contribution in [0.15, 0.2) is 30.3 Å². The first-order chi connectivity index (χ1) is 10.1. The normalized spacial score (nSPS) is 32.0. The summed E-state index contributed by atoms with van der Waals surface area (Å²) in [4.78, 5) is 0. The molecule has 1 aromatic rings. The van der Waals surface area contributed by atoms with Crippen molar-refractivity contribution in [3.8, 4) is 0 Å². The minimum Gasteiger partial charge on any atom is -0.377 e. The molecule has 0 spiro atoms. The Morgan fingerprint density at radius 3 is 2.76 bits per heavy atom. The predicted molar refractivity (Wildman–Crippen MR) is 87.3 cm³/mol. The largest absolute Gasteiger partial charge is 0.377 e. The fourth-order valence-electron chi connectivity index (χ4n) is 4.40. The molecule has 1 aliphatic heterocycles. The Labute approximate surface area is 129 Å². The maximum atomic E-state index is 6.03. The zero-order valence-electron chi connectivity index (χ0n) is 13.6. The standard InChI is InChI=1S/C19H29NO/c1-4-9-16(14-10-6-5-7-11-14)20-17-15-12-8-13-21-18(15)19(17,2)3/h5-7,10-11,15-18,20H,4,8-9,12-13H2,1-3H3. The molecule has 1 saturated carbocycles. The van der Waals surface area contributed by atoms with Gasteiger partial charge in [0.25, 0.3) is 0 Å². The molecule has 116 valence electrons. The minimum absolute atomic E-state index is 0.256. The second-order valence-electron chi connectivity index (χ2n) is 7.32. The van der Waals surface area contributed by atoms with Gasteiger partial charge in [-0.15, -0.1) is 0 Å². The predicted octanol–water partition coefficient (Wildman–Crippen LogP) is 4.32. The summed E-state index contributed by atoms with van der Waals surface area (Å²) < 4.78 is 6.03. The van der Waals surface area contributed by atoms with Gasteiger partial charge >= 0.3 is 0 Å². The molecular weight excluding hydrogens is 258 g/mol. The Morgan fingerprint density at radius 2 is 2.05 bits per heavy atom. The summed E-state index contributed by atoms with van der Waals surface area (Å²) in [7, 11) is 0. The van der Waals surface area contributed by atoms with E-state index in [9.17, 15) is 0 Å². The van der Waals surface area contributed by atoms with Crippen LogP contribution in [0.5, 0.6) is 0 Å². The Hall–Kier alpha value is -0.860. The molecule has 21 heavy (non-hydrogen) atoms. The van der Waals surface area contributed by atoms with Crippen LogP contribution in [0.2, 0.25) is 0 Å². The minimum atomic E-state index is 0.256. The van der Waals surface area contributed by atoms with Gasteiger partial charge < -0.3 is 10.1 Å². The Morgan fingerprint density at radius 1 is 1.29 bits per heavy atom. The van der Waals surface area contributed by atoms with E-state index in [0.29, 0.717) is 24.1 Å². The number of fused-ring (bicyclic) bond motifs is 1. The third kappa shape index (κ3) is 2.76. The van der Waals surface area contributed by atoms with Crippen LogP contribution in [-0.4, -0.2) is 18.8 Å². The first kappa shape index (κ1) is 15.1. The van der Waals surface area contributed by atoms with E-state index in [0.717, 1.165) is 6.61 Å². The van der Waals surface area contributed by atoms with Gasteiger partial charge in [-0.05, 0) is 24.8 Å². The van der Waals surface area contributed by atoms with Crippen LogP contribution in [-0.2, 0) is 4.74 Å². The SMILES string of the molecule is CCCC(NC1C2CCCOC2C1(C)C)c1ccccc1. The van der Waals surface area contributed by atoms with Gasteiger partial charge in [0.2, 0.25) is 0 Å². The number of hydrogen-bond acceptors (Lipinski definition) is 2. The first-order valence-corrected chi connectivity index (χ1v) is 8.57. The van der Waals surface area contributed by atoms with E-state index >= 15 is 0 Å². The maximum absolute atomic E-state index is 6.03. The summed E-state index contributed by atoms with van der Waals surface area (Å²) >= 11 is 0. The number of ether oxygens (including phenoxy) is 1. The van der Waals surface area contributed by atoms with E-state index in [2.05, 4.69) is 56.4 Å². The first-order valence-electron chi connectivity index (χ1n) is 8.57. The molecule has 3 rings (SSSR count). The number of nitrogens with one attached hydrogen (secondary N) is 1. The number of rotatable bonds is 5. The second kappa shape index (κ2) is 6.10. The van der Waals surface area contributed by atoms with Crippen LogP contribution in [0.1, 0.15) is 58.1 Å². The highest BCUT2D eigenvalue weighted by Crippen LogP contribution is 2.52. The molecule has 2 aliphatic rings. The number of hydrogen-bond donors (Lipinski definition) is 1. The van der Waals surface area contributed by atoms with Gasteiger partial charge in [0.05, 0.1) is 6.10 Å². The molecule has 0 amide bonds. The third-order valence-corrected chi connectivity index (χ3v) is 5.49. The molecule has 1 aromatic carbocycles. The summed E-state index contributed by atoms with van der Waals surface area (Å²) in [6, 6.07) is 12.0. The van der Waals surface area contributed by atoms with Crippen molar-refractivity contribution in [3.63, 3.8) is 0 Å². The Kier molecular flexibility index (Phi) is 4.37. The highest BCUT2D eigenvalue weighted by Gasteiger charge is 2.58. The summed E-state index contributed by atoms with van der Waals surface area (Å²) in [6.07, 6.45) is 5.42. The van der Waals surface area contributed by atoms with Crippen molar-refractivity contribution < 1.29 is 4.74 Å². The Bertz CT molecular complexity index is 456. The quantitative estimate of drug-likeness (QED) is 0.870. The fourth-order valence-corrected chi connectivity index (χ4v) is 4.40. The van der Waals surface area contributed by atoms with Gasteiger partial charge in [0, 0.05) is 30.0 Å². The van der Waals surface area contributed by atoms with Crippen LogP contribution in [0.4, 0.5) is 0 Å². The monoisotopic (exact) mass is 287 g/mol. The second-order valence-corrected chi connectivity index (χ2v) is 7.32. The average molecular weight is 287 g/mol. The highest BCUT2D eigenvalue weighted by molar-refractivity contribution is 5.21. The van der Waals surface area contributed by atoms with Gasteiger partial charge in [-0.25, -0.2) is 0 Å². The van der Waals surface area contributed by atoms with Crippen LogP contribution in [0.25, 0.3) is 0 Å². The zero-order valence-corrected chi connectivity index (χ0v) is 13.6. The zero-order chi connectivity index (χ0) is 14.9. The number of benzene rings is 1. The van der Waals surface area contributed by atoms with E-state index in [1.165, 1.54) is 31.2 Å². The van der Waals surface area contributed by atoms with Gasteiger partial charge in [-0.3, -0.25) is 0 Å². The van der Waals surface area contributed by atoms with E-state index in [-0.39, 0.29) is 5.41 Å². The molecule has 2 fully saturated rings. The molecule has 0 aromatic heterocycles. The van der Waals surface area contributed by atoms with Crippen molar-refractivity contribution in [2.24, 2.45) is 11.3 Å². The Balaban J connectivity index is 1.74. The third-order valence-electron chi connectivity index (χ3n) is 5.49. The summed E-state index contributed by atoms with van der Waals surface area (Å²) in [5, 5.41) is 3.98. The lowest BCUT2D eigenvalue weighted by Gasteiger charge is -2.61. The fraction of sp³-hybridized carbons (Fsp3) is 0.684. The van der Waals surface area contributed by atoms with Crippen molar-refractivity contribution in [2.45, 2.75) is 64.6 Å². The summed E-state index contributed by atoms with van der Waals surface area (Å²) in [5.74, 6) is 0.705. The van der Waals surface area contributed by atoms with Crippen LogP contribution >= 0.6 is 0 Å². The lowest BCUT2D eigenvalue weighted by Crippen LogP contribution is -2.69. The lowest BCUT2D eigenvalue weighted by molar-refractivity contribution is -0.194.